The van der Waals surface area contributed by atoms with E-state index in [-0.39, 0.29) is 11.7 Å². The second-order valence-corrected chi connectivity index (χ2v) is 4.45. The van der Waals surface area contributed by atoms with Crippen molar-refractivity contribution in [1.29, 1.82) is 0 Å². The summed E-state index contributed by atoms with van der Waals surface area (Å²) in [6, 6.07) is 8.21. The van der Waals surface area contributed by atoms with Gasteiger partial charge in [-0.05, 0) is 30.0 Å². The monoisotopic (exact) mass is 236 g/mol. The first-order chi connectivity index (χ1) is 7.54. The van der Waals surface area contributed by atoms with Crippen molar-refractivity contribution in [2.24, 2.45) is 0 Å². The second-order valence-electron chi connectivity index (χ2n) is 4.18. The van der Waals surface area contributed by atoms with Crippen LogP contribution in [0.15, 0.2) is 29.8 Å². The van der Waals surface area contributed by atoms with Crippen molar-refractivity contribution in [2.45, 2.75) is 26.7 Å². The Morgan fingerprint density at radius 2 is 1.88 bits per heavy atom. The molecule has 0 aromatic heterocycles. The summed E-state index contributed by atoms with van der Waals surface area (Å²) in [5.74, 6) is 0.822. The number of benzene rings is 1. The van der Waals surface area contributed by atoms with E-state index >= 15 is 0 Å². The molecule has 1 aromatic rings. The number of Topliss-reactive ketones (excluding diaryl/α,β-unsaturated/α-hetero) is 1. The molecule has 1 rings (SSSR count). The van der Waals surface area contributed by atoms with Crippen molar-refractivity contribution in [2.75, 3.05) is 5.88 Å². The van der Waals surface area contributed by atoms with Crippen LogP contribution in [-0.2, 0) is 4.79 Å². The zero-order valence-corrected chi connectivity index (χ0v) is 10.7. The Balaban J connectivity index is 2.94. The van der Waals surface area contributed by atoms with Crippen LogP contribution in [0.5, 0.6) is 0 Å². The SMILES string of the molecule is CC(=O)/C(=C\c1ccc(C(C)C)cc1)CCl. The van der Waals surface area contributed by atoms with Crippen LogP contribution in [0.4, 0.5) is 0 Å². The van der Waals surface area contributed by atoms with E-state index in [4.69, 9.17) is 11.6 Å². The quantitative estimate of drug-likeness (QED) is 0.570. The number of carbonyl (C=O) groups is 1. The third-order valence-corrected chi connectivity index (χ3v) is 2.83. The molecule has 86 valence electrons. The molecule has 2 heteroatoms. The van der Waals surface area contributed by atoms with Crippen LogP contribution in [0.25, 0.3) is 6.08 Å². The first-order valence-corrected chi connectivity index (χ1v) is 5.95. The van der Waals surface area contributed by atoms with Crippen LogP contribution < -0.4 is 0 Å². The molecule has 0 aliphatic rings. The van der Waals surface area contributed by atoms with Gasteiger partial charge in [0.1, 0.15) is 0 Å². The van der Waals surface area contributed by atoms with Crippen molar-refractivity contribution in [3.8, 4) is 0 Å². The third kappa shape index (κ3) is 3.49. The van der Waals surface area contributed by atoms with Gasteiger partial charge in [-0.3, -0.25) is 4.79 Å². The van der Waals surface area contributed by atoms with E-state index in [1.165, 1.54) is 12.5 Å². The normalized spacial score (nSPS) is 11.9. The largest absolute Gasteiger partial charge is 0.295 e. The molecular formula is C14H17ClO. The third-order valence-electron chi connectivity index (χ3n) is 2.54. The molecule has 0 bridgehead atoms. The molecule has 0 heterocycles. The number of hydrogen-bond donors (Lipinski definition) is 0. The van der Waals surface area contributed by atoms with Gasteiger partial charge in [0.05, 0.1) is 5.88 Å². The van der Waals surface area contributed by atoms with E-state index in [1.54, 1.807) is 0 Å². The van der Waals surface area contributed by atoms with Gasteiger partial charge in [0.15, 0.2) is 5.78 Å². The standard InChI is InChI=1S/C14H17ClO/c1-10(2)13-6-4-12(5-7-13)8-14(9-15)11(3)16/h4-8,10H,9H2,1-3H3/b14-8-. The molecule has 1 nitrogen and oxygen atoms in total. The maximum absolute atomic E-state index is 11.2. The van der Waals surface area contributed by atoms with Gasteiger partial charge in [-0.25, -0.2) is 0 Å². The highest BCUT2D eigenvalue weighted by molar-refractivity contribution is 6.23. The van der Waals surface area contributed by atoms with E-state index in [2.05, 4.69) is 26.0 Å². The van der Waals surface area contributed by atoms with E-state index in [0.717, 1.165) is 5.56 Å². The molecule has 0 N–H and O–H groups in total. The molecule has 0 fully saturated rings. The van der Waals surface area contributed by atoms with Crippen molar-refractivity contribution < 1.29 is 4.79 Å². The van der Waals surface area contributed by atoms with E-state index < -0.39 is 0 Å². The summed E-state index contributed by atoms with van der Waals surface area (Å²) in [6.07, 6.45) is 1.85. The maximum Gasteiger partial charge on any atom is 0.157 e. The number of allylic oxidation sites excluding steroid dienone is 1. The zero-order chi connectivity index (χ0) is 12.1. The molecule has 0 unspecified atom stereocenters. The van der Waals surface area contributed by atoms with Crippen molar-refractivity contribution in [3.05, 3.63) is 41.0 Å². The first kappa shape index (κ1) is 13.0. The van der Waals surface area contributed by atoms with Crippen LogP contribution >= 0.6 is 11.6 Å². The lowest BCUT2D eigenvalue weighted by Gasteiger charge is -2.05. The minimum Gasteiger partial charge on any atom is -0.295 e. The Kier molecular flexibility index (Phi) is 4.75. The van der Waals surface area contributed by atoms with E-state index in [0.29, 0.717) is 11.5 Å². The summed E-state index contributed by atoms with van der Waals surface area (Å²) in [5.41, 5.74) is 2.97. The van der Waals surface area contributed by atoms with Crippen molar-refractivity contribution in [3.63, 3.8) is 0 Å². The van der Waals surface area contributed by atoms with Gasteiger partial charge < -0.3 is 0 Å². The highest BCUT2D eigenvalue weighted by Crippen LogP contribution is 2.16. The Morgan fingerprint density at radius 3 is 2.25 bits per heavy atom. The fourth-order valence-electron chi connectivity index (χ4n) is 1.41. The molecule has 0 aliphatic heterocycles. The van der Waals surface area contributed by atoms with Gasteiger partial charge in [-0.2, -0.15) is 0 Å². The van der Waals surface area contributed by atoms with Gasteiger partial charge in [0.25, 0.3) is 0 Å². The molecule has 0 radical (unpaired) electrons. The molecule has 0 atom stereocenters. The summed E-state index contributed by atoms with van der Waals surface area (Å²) in [5, 5.41) is 0. The van der Waals surface area contributed by atoms with E-state index in [9.17, 15) is 4.79 Å². The zero-order valence-electron chi connectivity index (χ0n) is 9.96. The van der Waals surface area contributed by atoms with Crippen molar-refractivity contribution in [1.82, 2.24) is 0 Å². The van der Waals surface area contributed by atoms with Crippen LogP contribution in [0, 0.1) is 0 Å². The van der Waals surface area contributed by atoms with Gasteiger partial charge >= 0.3 is 0 Å². The fourth-order valence-corrected chi connectivity index (χ4v) is 1.68. The molecule has 16 heavy (non-hydrogen) atoms. The van der Waals surface area contributed by atoms with Gasteiger partial charge in [-0.1, -0.05) is 38.1 Å². The number of halogens is 1. The minimum atomic E-state index is 0.0305. The summed E-state index contributed by atoms with van der Waals surface area (Å²) < 4.78 is 0. The molecule has 0 saturated heterocycles. The summed E-state index contributed by atoms with van der Waals surface area (Å²) >= 11 is 5.71. The maximum atomic E-state index is 11.2. The lowest BCUT2D eigenvalue weighted by Crippen LogP contribution is -1.97. The highest BCUT2D eigenvalue weighted by atomic mass is 35.5. The lowest BCUT2D eigenvalue weighted by atomic mass is 10.0. The average Bonchev–Trinajstić information content (AvgIpc) is 2.26. The number of ketones is 1. The summed E-state index contributed by atoms with van der Waals surface area (Å²) in [6.45, 7) is 5.85. The predicted molar refractivity (Wildman–Crippen MR) is 69.9 cm³/mol. The second kappa shape index (κ2) is 5.86. The fraction of sp³-hybridized carbons (Fsp3) is 0.357. The van der Waals surface area contributed by atoms with Gasteiger partial charge in [-0.15, -0.1) is 11.6 Å². The highest BCUT2D eigenvalue weighted by Gasteiger charge is 2.02. The smallest absolute Gasteiger partial charge is 0.157 e. The topological polar surface area (TPSA) is 17.1 Å². The minimum absolute atomic E-state index is 0.0305. The molecule has 0 spiro atoms. The molecule has 0 aliphatic carbocycles. The van der Waals surface area contributed by atoms with Gasteiger partial charge in [0.2, 0.25) is 0 Å². The summed E-state index contributed by atoms with van der Waals surface area (Å²) in [4.78, 5) is 11.2. The Hall–Kier alpha value is -1.08. The van der Waals surface area contributed by atoms with Crippen LogP contribution in [0.3, 0.4) is 0 Å². The summed E-state index contributed by atoms with van der Waals surface area (Å²) in [7, 11) is 0. The van der Waals surface area contributed by atoms with Crippen LogP contribution in [0.1, 0.15) is 37.8 Å². The molecule has 0 amide bonds. The number of hydrogen-bond acceptors (Lipinski definition) is 1. The Morgan fingerprint density at radius 1 is 1.31 bits per heavy atom. The molecule has 1 aromatic carbocycles. The van der Waals surface area contributed by atoms with Crippen molar-refractivity contribution >= 4 is 23.5 Å². The molecule has 0 saturated carbocycles. The van der Waals surface area contributed by atoms with Gasteiger partial charge in [0, 0.05) is 5.57 Å². The predicted octanol–water partition coefficient (Wildman–Crippen LogP) is 4.02. The Labute approximate surface area is 102 Å². The lowest BCUT2D eigenvalue weighted by molar-refractivity contribution is -0.113. The number of carbonyl (C=O) groups excluding carboxylic acids is 1. The van der Waals surface area contributed by atoms with Crippen LogP contribution in [-0.4, -0.2) is 11.7 Å². The molecular weight excluding hydrogens is 220 g/mol. The average molecular weight is 237 g/mol. The Bertz CT molecular complexity index is 388. The number of alkyl halides is 1. The van der Waals surface area contributed by atoms with E-state index in [1.807, 2.05) is 18.2 Å². The van der Waals surface area contributed by atoms with Crippen LogP contribution in [0.2, 0.25) is 0 Å². The number of rotatable bonds is 4. The first-order valence-electron chi connectivity index (χ1n) is 5.42.